The Balaban J connectivity index is 2.13. The van der Waals surface area contributed by atoms with E-state index >= 15 is 0 Å². The van der Waals surface area contributed by atoms with Gasteiger partial charge in [-0.2, -0.15) is 16.4 Å². The first-order valence-corrected chi connectivity index (χ1v) is 6.59. The average Bonchev–Trinajstić information content (AvgIpc) is 2.89. The second-order valence-corrected chi connectivity index (χ2v) is 4.71. The predicted octanol–water partition coefficient (Wildman–Crippen LogP) is 2.48. The van der Waals surface area contributed by atoms with Gasteiger partial charge in [0.05, 0.1) is 6.42 Å². The molecule has 2 aromatic rings. The molecule has 0 bridgehead atoms. The molecule has 0 amide bonds. The van der Waals surface area contributed by atoms with Crippen LogP contribution in [-0.4, -0.2) is 20.5 Å². The van der Waals surface area contributed by atoms with Gasteiger partial charge in [0.1, 0.15) is 12.2 Å². The zero-order valence-corrected chi connectivity index (χ0v) is 10.8. The number of ketones is 1. The van der Waals surface area contributed by atoms with Gasteiger partial charge in [-0.05, 0) is 24.3 Å². The molecule has 0 spiro atoms. The van der Waals surface area contributed by atoms with Crippen LogP contribution in [0.5, 0.6) is 0 Å². The Morgan fingerprint density at radius 2 is 2.29 bits per heavy atom. The standard InChI is InChI=1S/C12H15N3OS/c1-3-4-15-12(13-8-14-15)5-11(16)10-7-17-6-9(10)2/h6-8H,3-5H2,1-2H3. The molecule has 0 radical (unpaired) electrons. The largest absolute Gasteiger partial charge is 0.294 e. The molecule has 0 aromatic carbocycles. The highest BCUT2D eigenvalue weighted by molar-refractivity contribution is 7.08. The molecule has 0 saturated carbocycles. The molecule has 17 heavy (non-hydrogen) atoms. The molecule has 0 atom stereocenters. The lowest BCUT2D eigenvalue weighted by Gasteiger charge is -2.03. The first kappa shape index (κ1) is 12.0. The van der Waals surface area contributed by atoms with Crippen molar-refractivity contribution in [2.75, 3.05) is 0 Å². The van der Waals surface area contributed by atoms with Gasteiger partial charge >= 0.3 is 0 Å². The number of hydrogen-bond donors (Lipinski definition) is 0. The third kappa shape index (κ3) is 2.61. The van der Waals surface area contributed by atoms with Crippen LogP contribution in [0.15, 0.2) is 17.1 Å². The topological polar surface area (TPSA) is 47.8 Å². The van der Waals surface area contributed by atoms with E-state index in [-0.39, 0.29) is 5.78 Å². The fourth-order valence-corrected chi connectivity index (χ4v) is 2.56. The van der Waals surface area contributed by atoms with Crippen molar-refractivity contribution < 1.29 is 4.79 Å². The number of aromatic nitrogens is 3. The summed E-state index contributed by atoms with van der Waals surface area (Å²) in [5.74, 6) is 0.872. The Kier molecular flexibility index (Phi) is 3.68. The summed E-state index contributed by atoms with van der Waals surface area (Å²) in [6.07, 6.45) is 2.83. The van der Waals surface area contributed by atoms with Crippen molar-refractivity contribution in [1.29, 1.82) is 0 Å². The SMILES string of the molecule is CCCn1ncnc1CC(=O)c1cscc1C. The Morgan fingerprint density at radius 1 is 1.47 bits per heavy atom. The molecule has 0 aliphatic rings. The van der Waals surface area contributed by atoms with Gasteiger partial charge in [0, 0.05) is 17.5 Å². The Morgan fingerprint density at radius 3 is 2.94 bits per heavy atom. The maximum atomic E-state index is 12.1. The van der Waals surface area contributed by atoms with Gasteiger partial charge in [-0.3, -0.25) is 4.79 Å². The Labute approximate surface area is 104 Å². The van der Waals surface area contributed by atoms with E-state index in [9.17, 15) is 4.79 Å². The van der Waals surface area contributed by atoms with Crippen LogP contribution >= 0.6 is 11.3 Å². The molecule has 5 heteroatoms. The summed E-state index contributed by atoms with van der Waals surface area (Å²) in [5.41, 5.74) is 1.85. The van der Waals surface area contributed by atoms with Crippen molar-refractivity contribution in [3.8, 4) is 0 Å². The molecule has 0 fully saturated rings. The minimum Gasteiger partial charge on any atom is -0.294 e. The molecule has 90 valence electrons. The monoisotopic (exact) mass is 249 g/mol. The number of Topliss-reactive ketones (excluding diaryl/α,β-unsaturated/α-hetero) is 1. The van der Waals surface area contributed by atoms with Crippen LogP contribution in [0.1, 0.15) is 35.1 Å². The summed E-state index contributed by atoms with van der Waals surface area (Å²) >= 11 is 1.56. The van der Waals surface area contributed by atoms with E-state index in [4.69, 9.17) is 0 Å². The number of hydrogen-bond acceptors (Lipinski definition) is 4. The molecular weight excluding hydrogens is 234 g/mol. The zero-order valence-electron chi connectivity index (χ0n) is 10.0. The Bertz CT molecular complexity index is 515. The molecule has 2 rings (SSSR count). The van der Waals surface area contributed by atoms with Gasteiger partial charge in [-0.1, -0.05) is 6.92 Å². The van der Waals surface area contributed by atoms with E-state index in [1.54, 1.807) is 16.0 Å². The summed E-state index contributed by atoms with van der Waals surface area (Å²) in [5, 5.41) is 8.01. The number of aryl methyl sites for hydroxylation is 2. The zero-order chi connectivity index (χ0) is 12.3. The van der Waals surface area contributed by atoms with Crippen molar-refractivity contribution in [2.24, 2.45) is 0 Å². The van der Waals surface area contributed by atoms with Crippen LogP contribution in [0.4, 0.5) is 0 Å². The van der Waals surface area contributed by atoms with E-state index in [1.165, 1.54) is 6.33 Å². The fourth-order valence-electron chi connectivity index (χ4n) is 1.71. The molecule has 0 saturated heterocycles. The van der Waals surface area contributed by atoms with Crippen LogP contribution < -0.4 is 0 Å². The number of rotatable bonds is 5. The van der Waals surface area contributed by atoms with E-state index in [2.05, 4.69) is 17.0 Å². The smallest absolute Gasteiger partial charge is 0.171 e. The number of nitrogens with zero attached hydrogens (tertiary/aromatic N) is 3. The number of thiophene rings is 1. The highest BCUT2D eigenvalue weighted by Gasteiger charge is 2.14. The van der Waals surface area contributed by atoms with Gasteiger partial charge in [0.2, 0.25) is 0 Å². The highest BCUT2D eigenvalue weighted by Crippen LogP contribution is 2.15. The molecule has 0 aliphatic carbocycles. The lowest BCUT2D eigenvalue weighted by molar-refractivity contribution is 0.0989. The van der Waals surface area contributed by atoms with Gasteiger partial charge in [-0.15, -0.1) is 0 Å². The maximum Gasteiger partial charge on any atom is 0.171 e. The lowest BCUT2D eigenvalue weighted by Crippen LogP contribution is -2.11. The summed E-state index contributed by atoms with van der Waals surface area (Å²) in [6, 6.07) is 0. The fraction of sp³-hybridized carbons (Fsp3) is 0.417. The third-order valence-corrected chi connectivity index (χ3v) is 3.47. The van der Waals surface area contributed by atoms with Crippen LogP contribution in [0.25, 0.3) is 0 Å². The van der Waals surface area contributed by atoms with Gasteiger partial charge in [-0.25, -0.2) is 9.67 Å². The van der Waals surface area contributed by atoms with Gasteiger partial charge in [0.15, 0.2) is 5.78 Å². The van der Waals surface area contributed by atoms with E-state index in [0.717, 1.165) is 29.9 Å². The predicted molar refractivity (Wildman–Crippen MR) is 67.4 cm³/mol. The van der Waals surface area contributed by atoms with Crippen LogP contribution in [0, 0.1) is 6.92 Å². The minimum absolute atomic E-state index is 0.120. The van der Waals surface area contributed by atoms with Crippen molar-refractivity contribution in [3.63, 3.8) is 0 Å². The molecule has 2 heterocycles. The van der Waals surface area contributed by atoms with Crippen molar-refractivity contribution in [1.82, 2.24) is 14.8 Å². The first-order chi connectivity index (χ1) is 8.22. The molecule has 0 N–H and O–H groups in total. The lowest BCUT2D eigenvalue weighted by atomic mass is 10.1. The molecule has 0 unspecified atom stereocenters. The third-order valence-electron chi connectivity index (χ3n) is 2.61. The summed E-state index contributed by atoms with van der Waals surface area (Å²) in [4.78, 5) is 16.2. The second kappa shape index (κ2) is 5.23. The van der Waals surface area contributed by atoms with Crippen LogP contribution in [0.2, 0.25) is 0 Å². The van der Waals surface area contributed by atoms with E-state index in [0.29, 0.717) is 6.42 Å². The van der Waals surface area contributed by atoms with Crippen LogP contribution in [-0.2, 0) is 13.0 Å². The number of carbonyl (C=O) groups excluding carboxylic acids is 1. The minimum atomic E-state index is 0.120. The number of carbonyl (C=O) groups is 1. The first-order valence-electron chi connectivity index (χ1n) is 5.65. The van der Waals surface area contributed by atoms with Gasteiger partial charge in [0.25, 0.3) is 0 Å². The highest BCUT2D eigenvalue weighted by atomic mass is 32.1. The quantitative estimate of drug-likeness (QED) is 0.765. The second-order valence-electron chi connectivity index (χ2n) is 3.97. The molecule has 2 aromatic heterocycles. The molecule has 0 aliphatic heterocycles. The maximum absolute atomic E-state index is 12.1. The van der Waals surface area contributed by atoms with Crippen molar-refractivity contribution in [3.05, 3.63) is 34.0 Å². The summed E-state index contributed by atoms with van der Waals surface area (Å²) in [7, 11) is 0. The van der Waals surface area contributed by atoms with Crippen LogP contribution in [0.3, 0.4) is 0 Å². The molecule has 4 nitrogen and oxygen atoms in total. The van der Waals surface area contributed by atoms with Crippen molar-refractivity contribution in [2.45, 2.75) is 33.2 Å². The normalized spacial score (nSPS) is 10.7. The van der Waals surface area contributed by atoms with Gasteiger partial charge < -0.3 is 0 Å². The summed E-state index contributed by atoms with van der Waals surface area (Å²) < 4.78 is 1.81. The summed E-state index contributed by atoms with van der Waals surface area (Å²) in [6.45, 7) is 4.85. The van der Waals surface area contributed by atoms with E-state index in [1.807, 2.05) is 17.7 Å². The van der Waals surface area contributed by atoms with E-state index < -0.39 is 0 Å². The molecular formula is C12H15N3OS. The van der Waals surface area contributed by atoms with Crippen molar-refractivity contribution >= 4 is 17.1 Å². The Hall–Kier alpha value is -1.49. The average molecular weight is 249 g/mol.